The van der Waals surface area contributed by atoms with Crippen LogP contribution in [0.15, 0.2) is 29.6 Å². The average molecular weight is 448 g/mol. The summed E-state index contributed by atoms with van der Waals surface area (Å²) in [7, 11) is -3.78. The number of nitrogens with zero attached hydrogens (tertiary/aromatic N) is 5. The second-order valence-corrected chi connectivity index (χ2v) is 8.05. The topological polar surface area (TPSA) is 146 Å². The summed E-state index contributed by atoms with van der Waals surface area (Å²) in [6, 6.07) is 1.93. The van der Waals surface area contributed by atoms with Gasteiger partial charge < -0.3 is 10.7 Å². The summed E-state index contributed by atoms with van der Waals surface area (Å²) in [6.45, 7) is 1.67. The number of sulfonamides is 1. The molecule has 0 spiro atoms. The van der Waals surface area contributed by atoms with Gasteiger partial charge in [-0.1, -0.05) is 6.92 Å². The predicted molar refractivity (Wildman–Crippen MR) is 114 cm³/mol. The maximum absolute atomic E-state index is 14.9. The van der Waals surface area contributed by atoms with E-state index in [-0.39, 0.29) is 29.5 Å². The highest BCUT2D eigenvalue weighted by Crippen LogP contribution is 2.30. The Balaban J connectivity index is 2.01. The van der Waals surface area contributed by atoms with E-state index in [1.54, 1.807) is 6.92 Å². The Labute approximate surface area is 176 Å². The van der Waals surface area contributed by atoms with E-state index in [1.807, 2.05) is 0 Å². The van der Waals surface area contributed by atoms with Gasteiger partial charge in [0.05, 0.1) is 17.6 Å². The monoisotopic (exact) mass is 448 g/mol. The van der Waals surface area contributed by atoms with Crippen LogP contribution in [0.3, 0.4) is 0 Å². The number of fused-ring (bicyclic) bond motifs is 1. The van der Waals surface area contributed by atoms with Crippen LogP contribution in [0.25, 0.3) is 11.0 Å². The first kappa shape index (κ1) is 22.1. The quantitative estimate of drug-likeness (QED) is 0.426. The highest BCUT2D eigenvalue weighted by atomic mass is 32.2. The van der Waals surface area contributed by atoms with Gasteiger partial charge in [-0.15, -0.1) is 0 Å². The van der Waals surface area contributed by atoms with Crippen molar-refractivity contribution in [3.8, 4) is 0 Å². The van der Waals surface area contributed by atoms with Crippen molar-refractivity contribution in [2.45, 2.75) is 19.8 Å². The lowest BCUT2D eigenvalue weighted by Crippen LogP contribution is -2.17. The van der Waals surface area contributed by atoms with Crippen LogP contribution in [-0.4, -0.2) is 46.5 Å². The molecule has 13 heteroatoms. The summed E-state index contributed by atoms with van der Waals surface area (Å²) in [4.78, 5) is 20.2. The van der Waals surface area contributed by atoms with E-state index in [4.69, 9.17) is 5.41 Å². The Kier molecular flexibility index (Phi) is 6.74. The zero-order valence-electron chi connectivity index (χ0n) is 16.3. The van der Waals surface area contributed by atoms with Crippen molar-refractivity contribution in [2.75, 3.05) is 15.8 Å². The van der Waals surface area contributed by atoms with Gasteiger partial charge >= 0.3 is 0 Å². The van der Waals surface area contributed by atoms with Crippen molar-refractivity contribution in [3.63, 3.8) is 0 Å². The van der Waals surface area contributed by atoms with Crippen LogP contribution in [0.1, 0.15) is 19.8 Å². The van der Waals surface area contributed by atoms with Gasteiger partial charge in [0.25, 0.3) is 0 Å². The van der Waals surface area contributed by atoms with Crippen molar-refractivity contribution in [1.82, 2.24) is 19.9 Å². The molecule has 10 nitrogen and oxygen atoms in total. The minimum atomic E-state index is -3.78. The standard InChI is InChI=1S/C18H18F2N8O2S/c1-2-8-31(29,30)28-12-5-4-11(19)15(14(12)20)26-17-16-13(24-10-25-17)9-23-18(27-16)22-7-3-6-21/h4-7,9-10,21,28H,2-3,8H2,1H3,(H,24,25,26). The molecule has 2 heterocycles. The van der Waals surface area contributed by atoms with E-state index in [9.17, 15) is 17.2 Å². The van der Waals surface area contributed by atoms with Gasteiger partial charge in [0, 0.05) is 18.9 Å². The molecule has 0 aliphatic heterocycles. The third-order valence-corrected chi connectivity index (χ3v) is 5.34. The molecule has 0 atom stereocenters. The summed E-state index contributed by atoms with van der Waals surface area (Å²) < 4.78 is 55.4. The molecular weight excluding hydrogens is 430 g/mol. The Morgan fingerprint density at radius 2 is 2.03 bits per heavy atom. The fourth-order valence-electron chi connectivity index (χ4n) is 2.54. The maximum atomic E-state index is 14.9. The first-order chi connectivity index (χ1) is 14.8. The summed E-state index contributed by atoms with van der Waals surface area (Å²) in [5, 5.41) is 9.51. The Morgan fingerprint density at radius 1 is 1.23 bits per heavy atom. The number of nitrogens with one attached hydrogen (secondary N) is 3. The van der Waals surface area contributed by atoms with Crippen LogP contribution in [0.2, 0.25) is 0 Å². The molecule has 0 fully saturated rings. The van der Waals surface area contributed by atoms with E-state index < -0.39 is 33.0 Å². The van der Waals surface area contributed by atoms with Crippen LogP contribution < -0.4 is 10.0 Å². The highest BCUT2D eigenvalue weighted by molar-refractivity contribution is 7.92. The molecule has 2 aromatic heterocycles. The Hall–Kier alpha value is -3.61. The number of hydrogen-bond acceptors (Lipinski definition) is 9. The van der Waals surface area contributed by atoms with Crippen LogP contribution in [0.5, 0.6) is 0 Å². The Bertz CT molecular complexity index is 1250. The number of benzene rings is 1. The molecule has 31 heavy (non-hydrogen) atoms. The molecule has 0 unspecified atom stereocenters. The van der Waals surface area contributed by atoms with Crippen molar-refractivity contribution < 1.29 is 17.2 Å². The van der Waals surface area contributed by atoms with Gasteiger partial charge in [0.15, 0.2) is 11.6 Å². The normalized spacial score (nSPS) is 11.7. The SMILES string of the molecule is CCCS(=O)(=O)Nc1ccc(F)c(Nc2ncnc3cnc(N=CCC=N)nc23)c1F. The van der Waals surface area contributed by atoms with Gasteiger partial charge in [0.2, 0.25) is 16.0 Å². The summed E-state index contributed by atoms with van der Waals surface area (Å²) >= 11 is 0. The number of anilines is 3. The minimum Gasteiger partial charge on any atom is -0.333 e. The molecule has 0 bridgehead atoms. The van der Waals surface area contributed by atoms with E-state index in [1.165, 1.54) is 12.4 Å². The first-order valence-corrected chi connectivity index (χ1v) is 10.7. The van der Waals surface area contributed by atoms with Gasteiger partial charge in [0.1, 0.15) is 28.9 Å². The van der Waals surface area contributed by atoms with Crippen molar-refractivity contribution in [2.24, 2.45) is 4.99 Å². The lowest BCUT2D eigenvalue weighted by atomic mass is 10.2. The maximum Gasteiger partial charge on any atom is 0.249 e. The van der Waals surface area contributed by atoms with E-state index in [0.29, 0.717) is 11.9 Å². The largest absolute Gasteiger partial charge is 0.333 e. The fraction of sp³-hybridized carbons (Fsp3) is 0.222. The lowest BCUT2D eigenvalue weighted by Gasteiger charge is -2.13. The molecule has 3 rings (SSSR count). The number of hydrogen-bond donors (Lipinski definition) is 3. The van der Waals surface area contributed by atoms with Crippen LogP contribution in [-0.2, 0) is 10.0 Å². The van der Waals surface area contributed by atoms with Crippen LogP contribution in [0, 0.1) is 17.0 Å². The van der Waals surface area contributed by atoms with Gasteiger partial charge in [-0.3, -0.25) is 4.72 Å². The van der Waals surface area contributed by atoms with Crippen LogP contribution >= 0.6 is 0 Å². The number of aliphatic imine (C=N–C) groups is 1. The minimum absolute atomic E-state index is 0.0257. The summed E-state index contributed by atoms with van der Waals surface area (Å²) in [5.74, 6) is -2.27. The zero-order valence-corrected chi connectivity index (χ0v) is 17.1. The zero-order chi connectivity index (χ0) is 22.4. The number of aromatic nitrogens is 4. The first-order valence-electron chi connectivity index (χ1n) is 9.09. The molecule has 0 aliphatic rings. The molecule has 3 N–H and O–H groups in total. The van der Waals surface area contributed by atoms with E-state index >= 15 is 0 Å². The third kappa shape index (κ3) is 5.31. The van der Waals surface area contributed by atoms with Gasteiger partial charge in [-0.2, -0.15) is 0 Å². The lowest BCUT2D eigenvalue weighted by molar-refractivity contribution is 0.588. The molecule has 0 aliphatic carbocycles. The average Bonchev–Trinajstić information content (AvgIpc) is 2.73. The molecule has 0 saturated heterocycles. The molecule has 0 radical (unpaired) electrons. The molecular formula is C18H18F2N8O2S. The van der Waals surface area contributed by atoms with Gasteiger partial charge in [-0.25, -0.2) is 42.1 Å². The van der Waals surface area contributed by atoms with E-state index in [2.05, 4.69) is 35.0 Å². The summed E-state index contributed by atoms with van der Waals surface area (Å²) in [5.41, 5.74) is -0.564. The number of rotatable bonds is 9. The third-order valence-electron chi connectivity index (χ3n) is 3.87. The molecule has 0 amide bonds. The fourth-order valence-corrected chi connectivity index (χ4v) is 3.67. The smallest absolute Gasteiger partial charge is 0.249 e. The van der Waals surface area contributed by atoms with Crippen molar-refractivity contribution >= 4 is 56.6 Å². The molecule has 162 valence electrons. The molecule has 3 aromatic rings. The predicted octanol–water partition coefficient (Wildman–Crippen LogP) is 3.34. The number of halogens is 2. The molecule has 1 aromatic carbocycles. The summed E-state index contributed by atoms with van der Waals surface area (Å²) in [6.07, 6.45) is 5.73. The Morgan fingerprint density at radius 3 is 2.77 bits per heavy atom. The van der Waals surface area contributed by atoms with Crippen molar-refractivity contribution in [1.29, 1.82) is 5.41 Å². The van der Waals surface area contributed by atoms with Gasteiger partial charge in [-0.05, 0) is 18.6 Å². The molecule has 0 saturated carbocycles. The van der Waals surface area contributed by atoms with Crippen LogP contribution in [0.4, 0.5) is 31.9 Å². The second-order valence-electron chi connectivity index (χ2n) is 6.21. The van der Waals surface area contributed by atoms with Crippen molar-refractivity contribution in [3.05, 3.63) is 36.3 Å². The van der Waals surface area contributed by atoms with E-state index in [0.717, 1.165) is 24.7 Å². The second kappa shape index (κ2) is 9.47. The highest BCUT2D eigenvalue weighted by Gasteiger charge is 2.19.